The van der Waals surface area contributed by atoms with Crippen LogP contribution in [0.15, 0.2) is 28.7 Å². The molecule has 10 heteroatoms. The second-order valence-electron chi connectivity index (χ2n) is 6.06. The normalized spacial score (nSPS) is 26.8. The van der Waals surface area contributed by atoms with Gasteiger partial charge in [0.15, 0.2) is 24.6 Å². The van der Waals surface area contributed by atoms with E-state index >= 15 is 0 Å². The number of esters is 3. The van der Waals surface area contributed by atoms with Crippen molar-refractivity contribution in [3.8, 4) is 5.75 Å². The van der Waals surface area contributed by atoms with E-state index in [1.165, 1.54) is 6.92 Å². The first-order valence-electron chi connectivity index (χ1n) is 8.41. The van der Waals surface area contributed by atoms with Crippen LogP contribution in [0.1, 0.15) is 20.8 Å². The smallest absolute Gasteiger partial charge is 0.303 e. The van der Waals surface area contributed by atoms with Crippen molar-refractivity contribution in [1.29, 1.82) is 0 Å². The zero-order chi connectivity index (χ0) is 20.8. The second kappa shape index (κ2) is 9.85. The predicted octanol–water partition coefficient (Wildman–Crippen LogP) is 1.34. The Morgan fingerprint density at radius 3 is 2.14 bits per heavy atom. The first-order valence-corrected chi connectivity index (χ1v) is 9.20. The number of carbonyl (C=O) groups is 3. The SMILES string of the molecule is CC(=O)O[C@H]1[C@H](OC(C)=O)[C@@H](OC(C)=O)C(O)O[C@@H]1COc1cccc(Br)c1. The summed E-state index contributed by atoms with van der Waals surface area (Å²) in [6, 6.07) is 7.00. The zero-order valence-electron chi connectivity index (χ0n) is 15.5. The minimum atomic E-state index is -1.61. The van der Waals surface area contributed by atoms with Gasteiger partial charge in [0.1, 0.15) is 18.5 Å². The average Bonchev–Trinajstić information content (AvgIpc) is 2.58. The van der Waals surface area contributed by atoms with Crippen LogP contribution in [0.5, 0.6) is 5.75 Å². The van der Waals surface area contributed by atoms with Gasteiger partial charge in [-0.3, -0.25) is 14.4 Å². The molecule has 9 nitrogen and oxygen atoms in total. The Morgan fingerprint density at radius 2 is 1.57 bits per heavy atom. The summed E-state index contributed by atoms with van der Waals surface area (Å²) in [5, 5.41) is 10.3. The number of halogens is 1. The molecule has 0 spiro atoms. The molecule has 0 amide bonds. The molecule has 0 saturated carbocycles. The van der Waals surface area contributed by atoms with Crippen LogP contribution in [0, 0.1) is 0 Å². The van der Waals surface area contributed by atoms with Crippen LogP contribution in [0.2, 0.25) is 0 Å². The third-order valence-electron chi connectivity index (χ3n) is 3.73. The minimum absolute atomic E-state index is 0.129. The average molecular weight is 461 g/mol. The van der Waals surface area contributed by atoms with Gasteiger partial charge in [-0.05, 0) is 18.2 Å². The van der Waals surface area contributed by atoms with Crippen LogP contribution in [-0.4, -0.2) is 60.3 Å². The molecule has 5 atom stereocenters. The second-order valence-corrected chi connectivity index (χ2v) is 6.97. The lowest BCUT2D eigenvalue weighted by Gasteiger charge is -2.42. The number of ether oxygens (including phenoxy) is 5. The van der Waals surface area contributed by atoms with Gasteiger partial charge in [0.25, 0.3) is 0 Å². The summed E-state index contributed by atoms with van der Waals surface area (Å²) in [4.78, 5) is 34.5. The summed E-state index contributed by atoms with van der Waals surface area (Å²) in [7, 11) is 0. The molecule has 154 valence electrons. The van der Waals surface area contributed by atoms with Gasteiger partial charge in [0, 0.05) is 25.2 Å². The van der Waals surface area contributed by atoms with E-state index in [0.717, 1.165) is 18.3 Å². The number of benzene rings is 1. The van der Waals surface area contributed by atoms with Crippen LogP contribution in [-0.2, 0) is 33.3 Å². The van der Waals surface area contributed by atoms with Crippen molar-refractivity contribution in [3.63, 3.8) is 0 Å². The van der Waals surface area contributed by atoms with Gasteiger partial charge < -0.3 is 28.8 Å². The molecule has 0 aliphatic carbocycles. The van der Waals surface area contributed by atoms with E-state index in [2.05, 4.69) is 15.9 Å². The Bertz CT molecular complexity index is 723. The van der Waals surface area contributed by atoms with Gasteiger partial charge >= 0.3 is 17.9 Å². The van der Waals surface area contributed by atoms with Crippen molar-refractivity contribution in [3.05, 3.63) is 28.7 Å². The largest absolute Gasteiger partial charge is 0.491 e. The minimum Gasteiger partial charge on any atom is -0.491 e. The standard InChI is InChI=1S/C18H21BrO9/c1-9(20)25-15-14(8-24-13-6-4-5-12(19)7-13)28-18(23)17(27-11(3)22)16(15)26-10(2)21/h4-7,14-18,23H,8H2,1-3H3/t14-,15-,16+,17-,18?/m1/s1. The predicted molar refractivity (Wildman–Crippen MR) is 97.2 cm³/mol. The molecule has 0 bridgehead atoms. The third kappa shape index (κ3) is 6.18. The maximum atomic E-state index is 11.6. The van der Waals surface area contributed by atoms with Crippen LogP contribution >= 0.6 is 15.9 Å². The van der Waals surface area contributed by atoms with E-state index in [4.69, 9.17) is 23.7 Å². The van der Waals surface area contributed by atoms with Crippen LogP contribution in [0.3, 0.4) is 0 Å². The first-order chi connectivity index (χ1) is 13.2. The summed E-state index contributed by atoms with van der Waals surface area (Å²) in [5.41, 5.74) is 0. The fourth-order valence-electron chi connectivity index (χ4n) is 2.74. The maximum Gasteiger partial charge on any atom is 0.303 e. The molecule has 28 heavy (non-hydrogen) atoms. The van der Waals surface area contributed by atoms with Crippen molar-refractivity contribution < 1.29 is 43.2 Å². The summed E-state index contributed by atoms with van der Waals surface area (Å²) >= 11 is 3.32. The molecule has 2 rings (SSSR count). The summed E-state index contributed by atoms with van der Waals surface area (Å²) < 4.78 is 27.4. The topological polar surface area (TPSA) is 118 Å². The maximum absolute atomic E-state index is 11.6. The summed E-state index contributed by atoms with van der Waals surface area (Å²) in [6.45, 7) is 3.31. The number of hydrogen-bond acceptors (Lipinski definition) is 9. The fourth-order valence-corrected chi connectivity index (χ4v) is 3.12. The zero-order valence-corrected chi connectivity index (χ0v) is 17.1. The van der Waals surface area contributed by atoms with Crippen LogP contribution < -0.4 is 4.74 Å². The molecule has 0 aromatic heterocycles. The Hall–Kier alpha value is -2.17. The van der Waals surface area contributed by atoms with E-state index < -0.39 is 48.6 Å². The van der Waals surface area contributed by atoms with Gasteiger partial charge in [0.05, 0.1) is 0 Å². The lowest BCUT2D eigenvalue weighted by Crippen LogP contribution is -2.62. The van der Waals surface area contributed by atoms with E-state index in [1.807, 2.05) is 6.07 Å². The lowest BCUT2D eigenvalue weighted by atomic mass is 9.98. The Balaban J connectivity index is 2.25. The summed E-state index contributed by atoms with van der Waals surface area (Å²) in [5.74, 6) is -1.60. The van der Waals surface area contributed by atoms with Crippen molar-refractivity contribution in [1.82, 2.24) is 0 Å². The fraction of sp³-hybridized carbons (Fsp3) is 0.500. The first kappa shape index (κ1) is 22.1. The van der Waals surface area contributed by atoms with Crippen molar-refractivity contribution in [2.24, 2.45) is 0 Å². The Kier molecular flexibility index (Phi) is 7.78. The van der Waals surface area contributed by atoms with E-state index in [1.54, 1.807) is 18.2 Å². The number of aliphatic hydroxyl groups is 1. The third-order valence-corrected chi connectivity index (χ3v) is 4.22. The van der Waals surface area contributed by atoms with Gasteiger partial charge in [-0.25, -0.2) is 0 Å². The molecule has 1 heterocycles. The molecule has 1 aromatic rings. The van der Waals surface area contributed by atoms with Crippen LogP contribution in [0.4, 0.5) is 0 Å². The number of aliphatic hydroxyl groups excluding tert-OH is 1. The highest BCUT2D eigenvalue weighted by atomic mass is 79.9. The quantitative estimate of drug-likeness (QED) is 0.495. The molecule has 1 saturated heterocycles. The van der Waals surface area contributed by atoms with Crippen LogP contribution in [0.25, 0.3) is 0 Å². The highest BCUT2D eigenvalue weighted by Gasteiger charge is 2.51. The van der Waals surface area contributed by atoms with E-state index in [0.29, 0.717) is 5.75 Å². The van der Waals surface area contributed by atoms with Crippen molar-refractivity contribution in [2.75, 3.05) is 6.61 Å². The number of hydrogen-bond donors (Lipinski definition) is 1. The number of rotatable bonds is 6. The highest BCUT2D eigenvalue weighted by molar-refractivity contribution is 9.10. The Labute approximate surface area is 170 Å². The monoisotopic (exact) mass is 460 g/mol. The highest BCUT2D eigenvalue weighted by Crippen LogP contribution is 2.28. The number of carbonyl (C=O) groups excluding carboxylic acids is 3. The van der Waals surface area contributed by atoms with Crippen molar-refractivity contribution in [2.45, 2.75) is 51.5 Å². The van der Waals surface area contributed by atoms with Crippen molar-refractivity contribution >= 4 is 33.8 Å². The van der Waals surface area contributed by atoms with E-state index in [-0.39, 0.29) is 6.61 Å². The molecule has 1 fully saturated rings. The molecule has 1 N–H and O–H groups in total. The van der Waals surface area contributed by atoms with E-state index in [9.17, 15) is 19.5 Å². The lowest BCUT2D eigenvalue weighted by molar-refractivity contribution is -0.294. The van der Waals surface area contributed by atoms with Gasteiger partial charge in [-0.2, -0.15) is 0 Å². The van der Waals surface area contributed by atoms with Gasteiger partial charge in [-0.15, -0.1) is 0 Å². The molecular formula is C18H21BrO9. The van der Waals surface area contributed by atoms with Gasteiger partial charge in [0.2, 0.25) is 0 Å². The molecule has 1 aromatic carbocycles. The molecule has 0 radical (unpaired) electrons. The molecular weight excluding hydrogens is 440 g/mol. The Morgan fingerprint density at radius 1 is 1.00 bits per heavy atom. The summed E-state index contributed by atoms with van der Waals surface area (Å²) in [6.07, 6.45) is -6.41. The molecule has 1 aliphatic heterocycles. The molecule has 1 unspecified atom stereocenters. The van der Waals surface area contributed by atoms with Gasteiger partial charge in [-0.1, -0.05) is 22.0 Å². The molecule has 1 aliphatic rings.